The van der Waals surface area contributed by atoms with Crippen LogP contribution in [0.1, 0.15) is 43.8 Å². The molecular formula is C17H20ClIN2. The summed E-state index contributed by atoms with van der Waals surface area (Å²) in [5.41, 5.74) is 2.34. The van der Waals surface area contributed by atoms with Gasteiger partial charge < -0.3 is 4.57 Å². The molecule has 0 spiro atoms. The first kappa shape index (κ1) is 14.3. The van der Waals surface area contributed by atoms with E-state index in [1.54, 1.807) is 0 Å². The van der Waals surface area contributed by atoms with Crippen molar-refractivity contribution in [2.45, 2.75) is 44.5 Å². The van der Waals surface area contributed by atoms with Crippen LogP contribution in [0.3, 0.4) is 0 Å². The Kier molecular flexibility index (Phi) is 3.69. The lowest BCUT2D eigenvalue weighted by Crippen LogP contribution is -2.19. The summed E-state index contributed by atoms with van der Waals surface area (Å²) in [4.78, 5) is 4.80. The number of rotatable bonds is 3. The van der Waals surface area contributed by atoms with Crippen molar-refractivity contribution in [2.24, 2.45) is 17.8 Å². The molecule has 1 heterocycles. The van der Waals surface area contributed by atoms with Gasteiger partial charge in [0.1, 0.15) is 5.82 Å². The molecule has 1 aromatic heterocycles. The Hall–Kier alpha value is -0.290. The summed E-state index contributed by atoms with van der Waals surface area (Å²) in [7, 11) is 0. The van der Waals surface area contributed by atoms with Gasteiger partial charge in [0, 0.05) is 10.1 Å². The van der Waals surface area contributed by atoms with Crippen LogP contribution in [-0.4, -0.2) is 9.55 Å². The van der Waals surface area contributed by atoms with Crippen molar-refractivity contribution in [1.29, 1.82) is 0 Å². The van der Waals surface area contributed by atoms with Gasteiger partial charge in [-0.2, -0.15) is 0 Å². The minimum absolute atomic E-state index is 0.0337. The number of aromatic nitrogens is 2. The smallest absolute Gasteiger partial charge is 0.127 e. The second-order valence-corrected chi connectivity index (χ2v) is 8.66. The van der Waals surface area contributed by atoms with Gasteiger partial charge in [-0.3, -0.25) is 0 Å². The highest BCUT2D eigenvalue weighted by Crippen LogP contribution is 2.49. The Labute approximate surface area is 144 Å². The molecule has 0 amide bonds. The maximum absolute atomic E-state index is 6.40. The maximum atomic E-state index is 6.40. The molecule has 0 aliphatic heterocycles. The number of hydrogen-bond donors (Lipinski definition) is 0. The van der Waals surface area contributed by atoms with E-state index in [0.29, 0.717) is 0 Å². The summed E-state index contributed by atoms with van der Waals surface area (Å²) in [5.74, 6) is 3.80. The Morgan fingerprint density at radius 3 is 2.90 bits per heavy atom. The highest BCUT2D eigenvalue weighted by Gasteiger charge is 2.39. The Morgan fingerprint density at radius 2 is 2.24 bits per heavy atom. The van der Waals surface area contributed by atoms with Crippen LogP contribution in [0.2, 0.25) is 0 Å². The fourth-order valence-electron chi connectivity index (χ4n) is 4.45. The molecule has 4 atom stereocenters. The summed E-state index contributed by atoms with van der Waals surface area (Å²) in [5, 5.41) is -0.0337. The third kappa shape index (κ3) is 2.50. The Bertz CT molecular complexity index is 679. The molecule has 2 aromatic rings. The second kappa shape index (κ2) is 5.41. The van der Waals surface area contributed by atoms with Crippen LogP contribution in [0.15, 0.2) is 18.2 Å². The van der Waals surface area contributed by atoms with E-state index in [1.807, 2.05) is 6.92 Å². The molecular weight excluding hydrogens is 395 g/mol. The van der Waals surface area contributed by atoms with Gasteiger partial charge in [-0.05, 0) is 84.7 Å². The fraction of sp³-hybridized carbons (Fsp3) is 0.588. The number of halogens is 2. The van der Waals surface area contributed by atoms with Crippen LogP contribution in [0.4, 0.5) is 0 Å². The minimum atomic E-state index is -0.0337. The first-order chi connectivity index (χ1) is 10.1. The zero-order valence-corrected chi connectivity index (χ0v) is 15.1. The van der Waals surface area contributed by atoms with Crippen molar-refractivity contribution in [3.05, 3.63) is 27.6 Å². The quantitative estimate of drug-likeness (QED) is 0.487. The van der Waals surface area contributed by atoms with Crippen LogP contribution in [0, 0.1) is 21.3 Å². The van der Waals surface area contributed by atoms with Gasteiger partial charge in [-0.15, -0.1) is 11.6 Å². The summed E-state index contributed by atoms with van der Waals surface area (Å²) < 4.78 is 3.63. The predicted molar refractivity (Wildman–Crippen MR) is 95.7 cm³/mol. The van der Waals surface area contributed by atoms with E-state index in [2.05, 4.69) is 45.4 Å². The SMILES string of the molecule is CC(Cl)c1nc2cc(I)ccc2n1CC1CC2CCC1C2. The van der Waals surface area contributed by atoms with Crippen LogP contribution >= 0.6 is 34.2 Å². The minimum Gasteiger partial charge on any atom is -0.326 e. The van der Waals surface area contributed by atoms with E-state index < -0.39 is 0 Å². The molecule has 2 fully saturated rings. The molecule has 4 heteroatoms. The molecule has 21 heavy (non-hydrogen) atoms. The fourth-order valence-corrected chi connectivity index (χ4v) is 5.09. The van der Waals surface area contributed by atoms with Crippen LogP contribution in [-0.2, 0) is 6.54 Å². The van der Waals surface area contributed by atoms with Crippen LogP contribution in [0.5, 0.6) is 0 Å². The van der Waals surface area contributed by atoms with Gasteiger partial charge >= 0.3 is 0 Å². The van der Waals surface area contributed by atoms with Crippen molar-refractivity contribution in [3.63, 3.8) is 0 Å². The standard InChI is InChI=1S/C17H20ClIN2/c1-10(18)17-20-15-8-14(19)4-5-16(15)21(17)9-13-7-11-2-3-12(13)6-11/h4-5,8,10-13H,2-3,6-7,9H2,1H3. The monoisotopic (exact) mass is 414 g/mol. The van der Waals surface area contributed by atoms with Gasteiger partial charge in [0.2, 0.25) is 0 Å². The molecule has 112 valence electrons. The highest BCUT2D eigenvalue weighted by atomic mass is 127. The first-order valence-corrected chi connectivity index (χ1v) is 9.43. The molecule has 4 unspecified atom stereocenters. The van der Waals surface area contributed by atoms with E-state index in [9.17, 15) is 0 Å². The summed E-state index contributed by atoms with van der Waals surface area (Å²) >= 11 is 8.75. The third-order valence-electron chi connectivity index (χ3n) is 5.40. The zero-order chi connectivity index (χ0) is 14.6. The lowest BCUT2D eigenvalue weighted by atomic mass is 9.88. The average Bonchev–Trinajstić information content (AvgIpc) is 3.12. The predicted octanol–water partition coefficient (Wildman–Crippen LogP) is 5.38. The zero-order valence-electron chi connectivity index (χ0n) is 12.2. The number of hydrogen-bond acceptors (Lipinski definition) is 1. The average molecular weight is 415 g/mol. The van der Waals surface area contributed by atoms with E-state index >= 15 is 0 Å². The normalized spacial score (nSPS) is 29.4. The molecule has 1 aromatic carbocycles. The lowest BCUT2D eigenvalue weighted by molar-refractivity contribution is 0.295. The molecule has 2 bridgehead atoms. The topological polar surface area (TPSA) is 17.8 Å². The molecule has 2 aliphatic rings. The largest absolute Gasteiger partial charge is 0.326 e. The van der Waals surface area contributed by atoms with E-state index in [0.717, 1.165) is 35.6 Å². The molecule has 0 saturated heterocycles. The molecule has 4 rings (SSSR count). The van der Waals surface area contributed by atoms with Crippen LogP contribution < -0.4 is 0 Å². The van der Waals surface area contributed by atoms with Crippen molar-refractivity contribution >= 4 is 45.2 Å². The van der Waals surface area contributed by atoms with Crippen LogP contribution in [0.25, 0.3) is 11.0 Å². The summed E-state index contributed by atoms with van der Waals surface area (Å²) in [6, 6.07) is 6.54. The van der Waals surface area contributed by atoms with E-state index in [1.165, 1.54) is 34.8 Å². The van der Waals surface area contributed by atoms with Gasteiger partial charge in [0.05, 0.1) is 16.4 Å². The molecule has 2 aliphatic carbocycles. The van der Waals surface area contributed by atoms with E-state index in [-0.39, 0.29) is 5.38 Å². The number of alkyl halides is 1. The third-order valence-corrected chi connectivity index (χ3v) is 6.26. The van der Waals surface area contributed by atoms with Crippen molar-refractivity contribution in [2.75, 3.05) is 0 Å². The van der Waals surface area contributed by atoms with Crippen molar-refractivity contribution in [1.82, 2.24) is 9.55 Å². The maximum Gasteiger partial charge on any atom is 0.127 e. The van der Waals surface area contributed by atoms with E-state index in [4.69, 9.17) is 16.6 Å². The highest BCUT2D eigenvalue weighted by molar-refractivity contribution is 14.1. The van der Waals surface area contributed by atoms with Gasteiger partial charge in [-0.25, -0.2) is 4.98 Å². The van der Waals surface area contributed by atoms with Gasteiger partial charge in [-0.1, -0.05) is 6.42 Å². The first-order valence-electron chi connectivity index (χ1n) is 7.91. The molecule has 2 nitrogen and oxygen atoms in total. The van der Waals surface area contributed by atoms with Gasteiger partial charge in [0.25, 0.3) is 0 Å². The second-order valence-electron chi connectivity index (χ2n) is 6.76. The molecule has 0 N–H and O–H groups in total. The van der Waals surface area contributed by atoms with Crippen molar-refractivity contribution < 1.29 is 0 Å². The number of fused-ring (bicyclic) bond motifs is 3. The molecule has 2 saturated carbocycles. The summed E-state index contributed by atoms with van der Waals surface area (Å²) in [6.07, 6.45) is 5.76. The Balaban J connectivity index is 1.73. The van der Waals surface area contributed by atoms with Crippen molar-refractivity contribution in [3.8, 4) is 0 Å². The Morgan fingerprint density at radius 1 is 1.38 bits per heavy atom. The number of nitrogens with zero attached hydrogens (tertiary/aromatic N) is 2. The number of imidazole rings is 1. The molecule has 0 radical (unpaired) electrons. The summed E-state index contributed by atoms with van der Waals surface area (Å²) in [6.45, 7) is 3.13. The number of benzene rings is 1. The van der Waals surface area contributed by atoms with Gasteiger partial charge in [0.15, 0.2) is 0 Å². The lowest BCUT2D eigenvalue weighted by Gasteiger charge is -2.23.